The summed E-state index contributed by atoms with van der Waals surface area (Å²) in [6.07, 6.45) is 0.938. The van der Waals surface area contributed by atoms with E-state index in [-0.39, 0.29) is 0 Å². The van der Waals surface area contributed by atoms with Gasteiger partial charge in [-0.15, -0.1) is 0 Å². The summed E-state index contributed by atoms with van der Waals surface area (Å²) >= 11 is 0. The summed E-state index contributed by atoms with van der Waals surface area (Å²) in [6.45, 7) is 2.55. The van der Waals surface area contributed by atoms with E-state index in [0.29, 0.717) is 6.73 Å². The Morgan fingerprint density at radius 2 is 1.85 bits per heavy atom. The highest BCUT2D eigenvalue weighted by Gasteiger charge is 2.08. The molecule has 3 nitrogen and oxygen atoms in total. The van der Waals surface area contributed by atoms with E-state index in [9.17, 15) is 0 Å². The molecule has 0 bridgehead atoms. The highest BCUT2D eigenvalue weighted by atomic mass is 16.5. The number of aromatic nitrogens is 2. The number of fused-ring (bicyclic) bond motifs is 1. The Labute approximate surface area is 118 Å². The molecule has 0 atom stereocenters. The van der Waals surface area contributed by atoms with Crippen LogP contribution in [0.5, 0.6) is 0 Å². The number of ether oxygens (including phenoxy) is 1. The molecule has 0 fully saturated rings. The van der Waals surface area contributed by atoms with Crippen LogP contribution < -0.4 is 0 Å². The van der Waals surface area contributed by atoms with Gasteiger partial charge in [0.05, 0.1) is 11.0 Å². The number of hydrogen-bond donors (Lipinski definition) is 0. The predicted octanol–water partition coefficient (Wildman–Crippen LogP) is 3.54. The number of rotatable bonds is 4. The molecule has 0 radical (unpaired) electrons. The normalized spacial score (nSPS) is 11.1. The Kier molecular flexibility index (Phi) is 3.52. The molecule has 0 spiro atoms. The molecule has 1 heterocycles. The first-order chi connectivity index (χ1) is 9.78. The Morgan fingerprint density at radius 1 is 1.05 bits per heavy atom. The lowest BCUT2D eigenvalue weighted by molar-refractivity contribution is 0.132. The maximum atomic E-state index is 5.26. The van der Waals surface area contributed by atoms with Gasteiger partial charge in [0.2, 0.25) is 0 Å². The van der Waals surface area contributed by atoms with E-state index in [0.717, 1.165) is 23.3 Å². The van der Waals surface area contributed by atoms with Crippen LogP contribution in [0.25, 0.3) is 11.0 Å². The Morgan fingerprint density at radius 3 is 2.60 bits per heavy atom. The molecule has 0 aliphatic heterocycles. The van der Waals surface area contributed by atoms with Crippen LogP contribution in [0.4, 0.5) is 0 Å². The maximum Gasteiger partial charge on any atom is 0.124 e. The Hall–Kier alpha value is -2.13. The molecular formula is C17H18N2O. The second-order valence-corrected chi connectivity index (χ2v) is 4.99. The molecule has 0 N–H and O–H groups in total. The number of nitrogens with zero attached hydrogens (tertiary/aromatic N) is 2. The zero-order valence-corrected chi connectivity index (χ0v) is 11.8. The van der Waals surface area contributed by atoms with E-state index in [1.54, 1.807) is 7.11 Å². The summed E-state index contributed by atoms with van der Waals surface area (Å²) < 4.78 is 7.36. The summed E-state index contributed by atoms with van der Waals surface area (Å²) in [4.78, 5) is 4.56. The van der Waals surface area contributed by atoms with Gasteiger partial charge in [0.15, 0.2) is 0 Å². The molecule has 0 amide bonds. The minimum Gasteiger partial charge on any atom is -0.364 e. The van der Waals surface area contributed by atoms with Crippen molar-refractivity contribution in [2.75, 3.05) is 7.11 Å². The van der Waals surface area contributed by atoms with Crippen LogP contribution in [0.15, 0.2) is 48.5 Å². The highest BCUT2D eigenvalue weighted by Crippen LogP contribution is 2.19. The van der Waals surface area contributed by atoms with E-state index in [1.807, 2.05) is 13.0 Å². The van der Waals surface area contributed by atoms with Crippen LogP contribution >= 0.6 is 0 Å². The fourth-order valence-corrected chi connectivity index (χ4v) is 2.52. The fraction of sp³-hybridized carbons (Fsp3) is 0.235. The molecule has 0 saturated carbocycles. The van der Waals surface area contributed by atoms with Crippen molar-refractivity contribution in [1.82, 2.24) is 9.55 Å². The van der Waals surface area contributed by atoms with Gasteiger partial charge in [-0.3, -0.25) is 0 Å². The summed E-state index contributed by atoms with van der Waals surface area (Å²) in [5.41, 5.74) is 4.77. The van der Waals surface area contributed by atoms with Gasteiger partial charge in [-0.2, -0.15) is 0 Å². The molecule has 0 saturated heterocycles. The largest absolute Gasteiger partial charge is 0.364 e. The third-order valence-electron chi connectivity index (χ3n) is 3.51. The van der Waals surface area contributed by atoms with Crippen molar-refractivity contribution < 1.29 is 4.74 Å². The van der Waals surface area contributed by atoms with Gasteiger partial charge in [0.25, 0.3) is 0 Å². The summed E-state index contributed by atoms with van der Waals surface area (Å²) in [5, 5.41) is 0. The summed E-state index contributed by atoms with van der Waals surface area (Å²) in [7, 11) is 1.71. The number of imidazole rings is 1. The van der Waals surface area contributed by atoms with E-state index in [1.165, 1.54) is 11.1 Å². The zero-order chi connectivity index (χ0) is 13.9. The van der Waals surface area contributed by atoms with E-state index in [2.05, 4.69) is 52.0 Å². The molecule has 3 rings (SSSR count). The lowest BCUT2D eigenvalue weighted by Gasteiger charge is -2.06. The first-order valence-electron chi connectivity index (χ1n) is 6.76. The number of methoxy groups -OCH3 is 1. The second-order valence-electron chi connectivity index (χ2n) is 4.99. The zero-order valence-electron chi connectivity index (χ0n) is 11.8. The van der Waals surface area contributed by atoms with Gasteiger partial charge < -0.3 is 9.30 Å². The lowest BCUT2D eigenvalue weighted by Crippen LogP contribution is -2.02. The van der Waals surface area contributed by atoms with Crippen LogP contribution in [0, 0.1) is 6.92 Å². The topological polar surface area (TPSA) is 27.1 Å². The smallest absolute Gasteiger partial charge is 0.124 e. The van der Waals surface area contributed by atoms with Gasteiger partial charge in [-0.25, -0.2) is 4.98 Å². The first-order valence-corrected chi connectivity index (χ1v) is 6.76. The van der Waals surface area contributed by atoms with Crippen LogP contribution in [0.3, 0.4) is 0 Å². The third-order valence-corrected chi connectivity index (χ3v) is 3.51. The number of hydrogen-bond acceptors (Lipinski definition) is 2. The van der Waals surface area contributed by atoms with Gasteiger partial charge in [0, 0.05) is 7.11 Å². The van der Waals surface area contributed by atoms with Gasteiger partial charge in [-0.1, -0.05) is 36.4 Å². The molecule has 20 heavy (non-hydrogen) atoms. The fourth-order valence-electron chi connectivity index (χ4n) is 2.52. The molecule has 1 aromatic heterocycles. The van der Waals surface area contributed by atoms with Crippen molar-refractivity contribution in [3.8, 4) is 0 Å². The molecule has 3 heteroatoms. The third kappa shape index (κ3) is 2.45. The van der Waals surface area contributed by atoms with Crippen LogP contribution in [-0.2, 0) is 17.9 Å². The van der Waals surface area contributed by atoms with Gasteiger partial charge in [-0.05, 0) is 36.6 Å². The van der Waals surface area contributed by atoms with Gasteiger partial charge >= 0.3 is 0 Å². The first kappa shape index (κ1) is 12.9. The molecule has 0 aliphatic rings. The molecule has 102 valence electrons. The average molecular weight is 266 g/mol. The standard InChI is InChI=1S/C17H18N2O/c1-13-18-16-9-8-15(10-14-6-4-3-5-7-14)11-17(16)19(13)12-20-2/h3-9,11H,10,12H2,1-2H3. The van der Waals surface area contributed by atoms with E-state index in [4.69, 9.17) is 4.74 Å². The van der Waals surface area contributed by atoms with Crippen LogP contribution in [0.1, 0.15) is 17.0 Å². The minimum atomic E-state index is 0.539. The Balaban J connectivity index is 1.99. The van der Waals surface area contributed by atoms with Crippen molar-refractivity contribution >= 4 is 11.0 Å². The highest BCUT2D eigenvalue weighted by molar-refractivity contribution is 5.77. The van der Waals surface area contributed by atoms with Crippen molar-refractivity contribution in [2.24, 2.45) is 0 Å². The molecular weight excluding hydrogens is 248 g/mol. The van der Waals surface area contributed by atoms with Crippen molar-refractivity contribution in [3.05, 3.63) is 65.5 Å². The van der Waals surface area contributed by atoms with Crippen molar-refractivity contribution in [2.45, 2.75) is 20.1 Å². The molecule has 3 aromatic rings. The molecule has 0 aliphatic carbocycles. The summed E-state index contributed by atoms with van der Waals surface area (Å²) in [5.74, 6) is 0.985. The van der Waals surface area contributed by atoms with E-state index < -0.39 is 0 Å². The second kappa shape index (κ2) is 5.47. The van der Waals surface area contributed by atoms with Crippen LogP contribution in [0.2, 0.25) is 0 Å². The van der Waals surface area contributed by atoms with Crippen LogP contribution in [-0.4, -0.2) is 16.7 Å². The Bertz CT molecular complexity index is 716. The average Bonchev–Trinajstić information content (AvgIpc) is 2.77. The minimum absolute atomic E-state index is 0.539. The SMILES string of the molecule is COCn1c(C)nc2ccc(Cc3ccccc3)cc21. The number of benzene rings is 2. The maximum absolute atomic E-state index is 5.26. The predicted molar refractivity (Wildman–Crippen MR) is 80.7 cm³/mol. The lowest BCUT2D eigenvalue weighted by atomic mass is 10.0. The summed E-state index contributed by atoms with van der Waals surface area (Å²) in [6, 6.07) is 17.0. The number of aryl methyl sites for hydroxylation is 1. The monoisotopic (exact) mass is 266 g/mol. The molecule has 2 aromatic carbocycles. The van der Waals surface area contributed by atoms with Crippen molar-refractivity contribution in [1.29, 1.82) is 0 Å². The van der Waals surface area contributed by atoms with Crippen molar-refractivity contribution in [3.63, 3.8) is 0 Å². The molecule has 0 unspecified atom stereocenters. The van der Waals surface area contributed by atoms with E-state index >= 15 is 0 Å². The quantitative estimate of drug-likeness (QED) is 0.722. The van der Waals surface area contributed by atoms with Gasteiger partial charge in [0.1, 0.15) is 12.6 Å².